The minimum atomic E-state index is 0. The van der Waals surface area contributed by atoms with E-state index in [2.05, 4.69) is 72.1 Å². The van der Waals surface area contributed by atoms with Crippen molar-refractivity contribution in [3.63, 3.8) is 0 Å². The van der Waals surface area contributed by atoms with Crippen molar-refractivity contribution in [3.05, 3.63) is 126 Å². The SMILES string of the molecule is Cc1[c-]c(-c2ccccn2)cc(C)c1C.[Ir].[c-]1ccccc1-c1ncc2c(ccc3ccccc32)n1. The van der Waals surface area contributed by atoms with Gasteiger partial charge in [0, 0.05) is 37.9 Å². The summed E-state index contributed by atoms with van der Waals surface area (Å²) in [6.07, 6.45) is 3.72. The van der Waals surface area contributed by atoms with Gasteiger partial charge in [-0.1, -0.05) is 63.2 Å². The Morgan fingerprint density at radius 1 is 0.722 bits per heavy atom. The Bertz CT molecular complexity index is 1590. The van der Waals surface area contributed by atoms with Gasteiger partial charge in [-0.3, -0.25) is 9.97 Å². The van der Waals surface area contributed by atoms with Crippen LogP contribution in [0.3, 0.4) is 0 Å². The van der Waals surface area contributed by atoms with Crippen molar-refractivity contribution in [2.75, 3.05) is 0 Å². The zero-order chi connectivity index (χ0) is 24.2. The van der Waals surface area contributed by atoms with Gasteiger partial charge >= 0.3 is 0 Å². The van der Waals surface area contributed by atoms with Crippen LogP contribution in [0.5, 0.6) is 0 Å². The number of pyridine rings is 1. The number of nitrogens with zero attached hydrogens (tertiary/aromatic N) is 3. The second kappa shape index (κ2) is 11.3. The summed E-state index contributed by atoms with van der Waals surface area (Å²) in [7, 11) is 0. The van der Waals surface area contributed by atoms with Crippen molar-refractivity contribution >= 4 is 21.7 Å². The molecule has 1 radical (unpaired) electrons. The minimum Gasteiger partial charge on any atom is -0.305 e. The fourth-order valence-corrected chi connectivity index (χ4v) is 4.06. The summed E-state index contributed by atoms with van der Waals surface area (Å²) in [6, 6.07) is 34.8. The van der Waals surface area contributed by atoms with Crippen molar-refractivity contribution in [3.8, 4) is 22.6 Å². The third-order valence-electron chi connectivity index (χ3n) is 6.22. The predicted molar refractivity (Wildman–Crippen MR) is 144 cm³/mol. The van der Waals surface area contributed by atoms with Crippen LogP contribution in [0.1, 0.15) is 16.7 Å². The molecule has 4 heteroatoms. The molecule has 0 spiro atoms. The fraction of sp³-hybridized carbons (Fsp3) is 0.0938. The van der Waals surface area contributed by atoms with E-state index in [0.717, 1.165) is 27.7 Å². The number of aryl methyl sites for hydroxylation is 2. The zero-order valence-corrected chi connectivity index (χ0v) is 22.8. The van der Waals surface area contributed by atoms with Crippen molar-refractivity contribution in [1.82, 2.24) is 15.0 Å². The second-order valence-electron chi connectivity index (χ2n) is 8.52. The van der Waals surface area contributed by atoms with E-state index < -0.39 is 0 Å². The third kappa shape index (κ3) is 5.41. The van der Waals surface area contributed by atoms with Crippen LogP contribution < -0.4 is 0 Å². The number of hydrogen-bond donors (Lipinski definition) is 0. The second-order valence-corrected chi connectivity index (χ2v) is 8.52. The van der Waals surface area contributed by atoms with E-state index in [1.807, 2.05) is 73.1 Å². The molecule has 2 aromatic heterocycles. The largest absolute Gasteiger partial charge is 0.305 e. The number of benzene rings is 4. The van der Waals surface area contributed by atoms with Crippen molar-refractivity contribution in [1.29, 1.82) is 0 Å². The molecule has 0 fully saturated rings. The standard InChI is InChI=1S/C18H11N2.C14H14N.Ir/c1-2-7-14(8-3-1)18-19-12-16-15-9-5-4-6-13(15)10-11-17(16)20-18;1-10-8-13(9-11(2)12(10)3)14-6-4-5-7-15-14;/h1-7,9-12H;4-8H,1-3H3;/q2*-1;. The summed E-state index contributed by atoms with van der Waals surface area (Å²) in [5.74, 6) is 0.716. The first kappa shape index (κ1) is 25.4. The number of aromatic nitrogens is 3. The number of hydrogen-bond acceptors (Lipinski definition) is 3. The first-order valence-electron chi connectivity index (χ1n) is 11.6. The molecule has 179 valence electrons. The fourth-order valence-electron chi connectivity index (χ4n) is 4.06. The Kier molecular flexibility index (Phi) is 8.00. The number of rotatable bonds is 2. The molecule has 0 aliphatic carbocycles. The molecule has 0 saturated heterocycles. The van der Waals surface area contributed by atoms with Gasteiger partial charge in [-0.15, -0.1) is 70.3 Å². The van der Waals surface area contributed by atoms with Crippen LogP contribution in [0.4, 0.5) is 0 Å². The smallest absolute Gasteiger partial charge is 0.0755 e. The molecule has 36 heavy (non-hydrogen) atoms. The van der Waals surface area contributed by atoms with Gasteiger partial charge in [-0.25, -0.2) is 0 Å². The van der Waals surface area contributed by atoms with Gasteiger partial charge in [0.25, 0.3) is 0 Å². The van der Waals surface area contributed by atoms with Crippen LogP contribution in [0.2, 0.25) is 0 Å². The topological polar surface area (TPSA) is 38.7 Å². The van der Waals surface area contributed by atoms with Crippen LogP contribution in [-0.2, 0) is 20.1 Å². The molecular formula is C32H25IrN3-2. The van der Waals surface area contributed by atoms with Crippen LogP contribution in [0, 0.1) is 32.9 Å². The molecule has 2 heterocycles. The molecule has 6 rings (SSSR count). The average Bonchev–Trinajstić information content (AvgIpc) is 2.92. The maximum Gasteiger partial charge on any atom is 0.0755 e. The Morgan fingerprint density at radius 3 is 2.28 bits per heavy atom. The molecule has 4 aromatic carbocycles. The van der Waals surface area contributed by atoms with Crippen LogP contribution in [0.15, 0.2) is 97.3 Å². The summed E-state index contributed by atoms with van der Waals surface area (Å²) in [6.45, 7) is 6.35. The molecule has 0 amide bonds. The summed E-state index contributed by atoms with van der Waals surface area (Å²) in [5, 5.41) is 3.49. The summed E-state index contributed by atoms with van der Waals surface area (Å²) >= 11 is 0. The van der Waals surface area contributed by atoms with Crippen molar-refractivity contribution in [2.24, 2.45) is 0 Å². The van der Waals surface area contributed by atoms with Gasteiger partial charge < -0.3 is 4.98 Å². The molecule has 0 aliphatic heterocycles. The molecular weight excluding hydrogens is 619 g/mol. The van der Waals surface area contributed by atoms with Crippen molar-refractivity contribution < 1.29 is 20.1 Å². The Hall–Kier alpha value is -3.72. The maximum absolute atomic E-state index is 4.65. The van der Waals surface area contributed by atoms with Gasteiger partial charge in [-0.2, -0.15) is 0 Å². The van der Waals surface area contributed by atoms with Gasteiger partial charge in [-0.05, 0) is 28.6 Å². The van der Waals surface area contributed by atoms with Crippen LogP contribution in [-0.4, -0.2) is 15.0 Å². The molecule has 0 N–H and O–H groups in total. The predicted octanol–water partition coefficient (Wildman–Crippen LogP) is 7.72. The summed E-state index contributed by atoms with van der Waals surface area (Å²) in [5.41, 5.74) is 7.77. The summed E-state index contributed by atoms with van der Waals surface area (Å²) in [4.78, 5) is 13.5. The average molecular weight is 644 g/mol. The van der Waals surface area contributed by atoms with E-state index in [1.165, 1.54) is 27.5 Å². The molecule has 3 nitrogen and oxygen atoms in total. The van der Waals surface area contributed by atoms with Gasteiger partial charge in [0.1, 0.15) is 0 Å². The number of fused-ring (bicyclic) bond motifs is 3. The first-order valence-corrected chi connectivity index (χ1v) is 11.6. The first-order chi connectivity index (χ1) is 17.1. The third-order valence-corrected chi connectivity index (χ3v) is 6.22. The van der Waals surface area contributed by atoms with Gasteiger partial charge in [0.15, 0.2) is 0 Å². The molecule has 0 bridgehead atoms. The van der Waals surface area contributed by atoms with Crippen molar-refractivity contribution in [2.45, 2.75) is 20.8 Å². The zero-order valence-electron chi connectivity index (χ0n) is 20.4. The van der Waals surface area contributed by atoms with Crippen LogP contribution in [0.25, 0.3) is 44.3 Å². The quantitative estimate of drug-likeness (QED) is 0.143. The Labute approximate surface area is 225 Å². The normalized spacial score (nSPS) is 10.4. The van der Waals surface area contributed by atoms with E-state index in [0.29, 0.717) is 5.82 Å². The molecule has 0 atom stereocenters. The summed E-state index contributed by atoms with van der Waals surface area (Å²) < 4.78 is 0. The molecule has 0 aliphatic rings. The van der Waals surface area contributed by atoms with E-state index in [1.54, 1.807) is 0 Å². The van der Waals surface area contributed by atoms with Gasteiger partial charge in [0.2, 0.25) is 0 Å². The van der Waals surface area contributed by atoms with E-state index in [4.69, 9.17) is 0 Å². The molecule has 6 aromatic rings. The van der Waals surface area contributed by atoms with Gasteiger partial charge in [0.05, 0.1) is 11.3 Å². The van der Waals surface area contributed by atoms with E-state index in [9.17, 15) is 0 Å². The van der Waals surface area contributed by atoms with E-state index in [-0.39, 0.29) is 20.1 Å². The Morgan fingerprint density at radius 2 is 1.53 bits per heavy atom. The molecule has 0 unspecified atom stereocenters. The monoisotopic (exact) mass is 644 g/mol. The minimum absolute atomic E-state index is 0. The maximum atomic E-state index is 4.65. The van der Waals surface area contributed by atoms with E-state index >= 15 is 0 Å². The van der Waals surface area contributed by atoms with Crippen LogP contribution >= 0.6 is 0 Å². The Balaban J connectivity index is 0.000000172. The molecule has 0 saturated carbocycles.